The Labute approximate surface area is 534 Å². The molecule has 10 atom stereocenters. The second kappa shape index (κ2) is 32.4. The van der Waals surface area contributed by atoms with Crippen LogP contribution in [0.2, 0.25) is 153 Å². The van der Waals surface area contributed by atoms with Gasteiger partial charge in [0.25, 0.3) is 55.7 Å². The minimum Gasteiger partial charge on any atom is -0.420 e. The number of hydrogen-bond donors (Lipinski definition) is 0. The summed E-state index contributed by atoms with van der Waals surface area (Å²) >= 11 is 0. The maximum Gasteiger partial charge on any atom is 0.349 e. The first-order chi connectivity index (χ1) is 38.6. The van der Waals surface area contributed by atoms with Crippen LogP contribution in [-0.4, -0.2) is 229 Å². The molecule has 0 aromatic heterocycles. The number of ether oxygens (including phenoxy) is 4. The Kier molecular flexibility index (Phi) is 30.1. The molecule has 0 radical (unpaired) electrons. The average Bonchev–Trinajstić information content (AvgIpc) is 3.71. The van der Waals surface area contributed by atoms with Gasteiger partial charge in [-0.05, 0) is 153 Å². The van der Waals surface area contributed by atoms with E-state index in [0.29, 0.717) is 22.2 Å². The third-order valence-electron chi connectivity index (χ3n) is 15.8. The smallest absolute Gasteiger partial charge is 0.349 e. The first kappa shape index (κ1) is 78.1. The first-order valence-corrected chi connectivity index (χ1v) is 74.8. The minimum absolute atomic E-state index is 0.165. The molecule has 44 heteroatoms. The zero-order chi connectivity index (χ0) is 63.3. The van der Waals surface area contributed by atoms with Crippen LogP contribution in [0.25, 0.3) is 0 Å². The molecular formula is C40H112O24Si20. The summed E-state index contributed by atoms with van der Waals surface area (Å²) in [6.45, 7) is 62.1. The van der Waals surface area contributed by atoms with Gasteiger partial charge in [-0.25, -0.2) is 0 Å². The average molecular weight is 1540 g/mol. The maximum absolute atomic E-state index is 6.28. The molecule has 496 valence electrons. The van der Waals surface area contributed by atoms with E-state index in [1.165, 1.54) is 0 Å². The number of hydrogen-bond acceptors (Lipinski definition) is 24. The zero-order valence-corrected chi connectivity index (χ0v) is 78.0. The van der Waals surface area contributed by atoms with Crippen molar-refractivity contribution in [2.45, 2.75) is 231 Å². The summed E-state index contributed by atoms with van der Waals surface area (Å²) in [6, 6.07) is 0. The van der Waals surface area contributed by atoms with Crippen molar-refractivity contribution in [2.24, 2.45) is 0 Å². The van der Waals surface area contributed by atoms with E-state index in [0.717, 1.165) is 26.4 Å². The summed E-state index contributed by atoms with van der Waals surface area (Å²) in [5.41, 5.74) is 2.43. The Morgan fingerprint density at radius 2 is 0.357 bits per heavy atom. The van der Waals surface area contributed by atoms with Crippen LogP contribution in [0.15, 0.2) is 0 Å². The lowest BCUT2D eigenvalue weighted by molar-refractivity contribution is 0.235. The highest BCUT2D eigenvalue weighted by Crippen LogP contribution is 2.37. The summed E-state index contributed by atoms with van der Waals surface area (Å²) in [5.74, 6) is 0. The van der Waals surface area contributed by atoms with Crippen LogP contribution >= 0.6 is 0 Å². The van der Waals surface area contributed by atoms with Gasteiger partial charge in [-0.3, -0.25) is 0 Å². The molecule has 0 aliphatic carbocycles. The summed E-state index contributed by atoms with van der Waals surface area (Å²) in [7, 11) is -36.8. The second-order valence-corrected chi connectivity index (χ2v) is 81.8. The van der Waals surface area contributed by atoms with E-state index in [1.54, 1.807) is 0 Å². The van der Waals surface area contributed by atoms with E-state index in [-0.39, 0.29) is 22.9 Å². The lowest BCUT2D eigenvalue weighted by Crippen LogP contribution is -2.62. The molecule has 84 heavy (non-hydrogen) atoms. The van der Waals surface area contributed by atoms with Crippen LogP contribution in [0.3, 0.4) is 0 Å². The predicted octanol–water partition coefficient (Wildman–Crippen LogP) is 4.50. The van der Waals surface area contributed by atoms with Gasteiger partial charge in [-0.15, -0.1) is 0 Å². The van der Waals surface area contributed by atoms with Crippen molar-refractivity contribution >= 4 is 180 Å². The quantitative estimate of drug-likeness (QED) is 0.240. The van der Waals surface area contributed by atoms with Gasteiger partial charge in [0.2, 0.25) is 0 Å². The molecule has 0 N–H and O–H groups in total. The van der Waals surface area contributed by atoms with Crippen molar-refractivity contribution < 1.29 is 101 Å². The van der Waals surface area contributed by atoms with Crippen LogP contribution in [0, 0.1) is 0 Å². The van der Waals surface area contributed by atoms with E-state index in [9.17, 15) is 0 Å². The van der Waals surface area contributed by atoms with Gasteiger partial charge in [0.1, 0.15) is 22.9 Å². The van der Waals surface area contributed by atoms with Gasteiger partial charge in [-0.2, -0.15) is 0 Å². The molecule has 9 aliphatic heterocycles. The molecule has 0 bridgehead atoms. The highest BCUT2D eigenvalue weighted by atomic mass is 28.5. The normalized spacial score (nSPS) is 49.1. The largest absolute Gasteiger partial charge is 0.420 e. The van der Waals surface area contributed by atoms with E-state index < -0.39 is 180 Å². The zero-order valence-electron chi connectivity index (χ0n) is 56.2. The molecule has 0 amide bonds. The molecule has 9 saturated heterocycles. The van der Waals surface area contributed by atoms with Gasteiger partial charge < -0.3 is 101 Å². The lowest BCUT2D eigenvalue weighted by Gasteiger charge is -2.44. The molecular weight excluding hydrogens is 1430 g/mol. The van der Waals surface area contributed by atoms with Crippen LogP contribution in [-0.2, 0) is 101 Å². The van der Waals surface area contributed by atoms with E-state index in [2.05, 4.69) is 154 Å². The van der Waals surface area contributed by atoms with Crippen molar-refractivity contribution in [3.05, 3.63) is 0 Å². The third kappa shape index (κ3) is 23.9. The van der Waals surface area contributed by atoms with E-state index in [1.807, 2.05) is 32.7 Å². The lowest BCUT2D eigenvalue weighted by atomic mass is 10.6. The first-order valence-electron chi connectivity index (χ1n) is 30.5. The SMILES string of the molecule is CC(C)[Si]1(C)O[SiH](C)O[SiH](C)O[SiH](C)O1.CC(C)[Si]1(C)O[SiH](C)O[Si](C)(C(C)C)O[SiH](C)O1.CC(C)[Si]1(C)O[SiH](C)O[Si](C)(C2CO2)O[SiH](C)O1.C[SiH]1O[SiH](C)O[Si](C)(C2CO2)O[SiH](C)O1.C[SiH]1O[Si](C)(C2CO2)O[SiH](C)O[Si](C)(C2CO2)O1. The fourth-order valence-electron chi connectivity index (χ4n) is 9.99. The topological polar surface area (TPSA) is 235 Å². The molecule has 0 spiro atoms. The van der Waals surface area contributed by atoms with Gasteiger partial charge in [0.15, 0.2) is 0 Å². The van der Waals surface area contributed by atoms with Gasteiger partial charge >= 0.3 is 124 Å². The molecule has 9 aliphatic rings. The summed E-state index contributed by atoms with van der Waals surface area (Å²) < 4.78 is 144. The van der Waals surface area contributed by atoms with Crippen molar-refractivity contribution in [1.82, 2.24) is 0 Å². The Bertz CT molecular complexity index is 1700. The van der Waals surface area contributed by atoms with Crippen LogP contribution in [0.1, 0.15) is 55.4 Å². The molecule has 0 aromatic rings. The van der Waals surface area contributed by atoms with E-state index >= 15 is 0 Å². The fraction of sp³-hybridized carbons (Fsp3) is 1.00. The summed E-state index contributed by atoms with van der Waals surface area (Å²) in [5, 5.41) is 0. The monoisotopic (exact) mass is 1540 g/mol. The van der Waals surface area contributed by atoms with Crippen molar-refractivity contribution in [2.75, 3.05) is 26.4 Å². The minimum atomic E-state index is -2.26. The molecule has 0 saturated carbocycles. The summed E-state index contributed by atoms with van der Waals surface area (Å²) in [4.78, 5) is 0. The van der Waals surface area contributed by atoms with Gasteiger partial charge in [0, 0.05) is 0 Å². The van der Waals surface area contributed by atoms with Gasteiger partial charge in [-0.1, -0.05) is 55.4 Å². The van der Waals surface area contributed by atoms with Crippen LogP contribution in [0.4, 0.5) is 0 Å². The Morgan fingerprint density at radius 3 is 0.524 bits per heavy atom. The fourth-order valence-corrected chi connectivity index (χ4v) is 91.3. The standard InChI is InChI=1S/C10H28O4Si4.C9H24O5Si4.C8H20O6Si4.C7H22O4Si4.C6H18O5Si4/c1-9(2)17(7)11-15(5)13-18(8,10(3)4)14-16(6)12-17;1-8(2)17(5)11-15(3)13-18(6,9-7-10-9)14-16(4)12-17;1-15-11-17(3,7-5-9-7)13-16(2)14-18(4,12-15)8-6-10-8;1-7(2)15(6)10-13(4)8-12(3)9-14(5)11-15;1-12-8-13(2)10-15(4,6-5-7-6)11-14(3)9-12/h9-10,15-16H,1-8H3;8-9,15-16H,7H2,1-6H3;7-8,15-16H,5-6H2,1-4H3;7,12-14H,1-6H3;6,12-14H,5H2,1-4H3. The molecule has 9 rings (SSSR count). The highest BCUT2D eigenvalue weighted by Gasteiger charge is 2.60. The Balaban J connectivity index is 0.000000193. The highest BCUT2D eigenvalue weighted by molar-refractivity contribution is 6.89. The van der Waals surface area contributed by atoms with Crippen molar-refractivity contribution in [1.29, 1.82) is 0 Å². The van der Waals surface area contributed by atoms with E-state index in [4.69, 9.17) is 101 Å². The molecule has 9 fully saturated rings. The molecule has 0 aromatic carbocycles. The third-order valence-corrected chi connectivity index (χ3v) is 93.7. The summed E-state index contributed by atoms with van der Waals surface area (Å²) in [6.07, 6.45) is 0. The molecule has 24 nitrogen and oxygen atoms in total. The van der Waals surface area contributed by atoms with Gasteiger partial charge in [0.05, 0.1) is 26.4 Å². The second-order valence-electron chi connectivity index (χ2n) is 25.3. The number of rotatable bonds is 8. The maximum atomic E-state index is 6.28. The van der Waals surface area contributed by atoms with Crippen molar-refractivity contribution in [3.8, 4) is 0 Å². The number of epoxide rings is 4. The Morgan fingerprint density at radius 1 is 0.226 bits per heavy atom. The van der Waals surface area contributed by atoms with Crippen molar-refractivity contribution in [3.63, 3.8) is 0 Å². The van der Waals surface area contributed by atoms with Crippen LogP contribution in [0.5, 0.6) is 0 Å². The Hall–Kier alpha value is 3.38. The predicted molar refractivity (Wildman–Crippen MR) is 370 cm³/mol. The molecule has 9 heterocycles. The molecule has 10 unspecified atom stereocenters. The van der Waals surface area contributed by atoms with Crippen LogP contribution < -0.4 is 0 Å².